The standard InChI is InChI=1S/C11H22N2O3/c1-3-10(11(14)15)12(2)4-5-13-6-8-16-9-7-13/h10H,3-9H2,1-2H3,(H,14,15). The molecule has 1 aliphatic heterocycles. The van der Waals surface area contributed by atoms with Crippen LogP contribution < -0.4 is 0 Å². The van der Waals surface area contributed by atoms with Gasteiger partial charge in [0.15, 0.2) is 0 Å². The van der Waals surface area contributed by atoms with E-state index in [2.05, 4.69) is 4.90 Å². The predicted molar refractivity (Wildman–Crippen MR) is 61.6 cm³/mol. The van der Waals surface area contributed by atoms with E-state index >= 15 is 0 Å². The number of nitrogens with zero attached hydrogens (tertiary/aromatic N) is 2. The first-order chi connectivity index (χ1) is 7.65. The zero-order valence-corrected chi connectivity index (χ0v) is 10.2. The van der Waals surface area contributed by atoms with Crippen LogP contribution in [0.2, 0.25) is 0 Å². The Labute approximate surface area is 97.0 Å². The molecule has 0 spiro atoms. The highest BCUT2D eigenvalue weighted by Gasteiger charge is 2.20. The van der Waals surface area contributed by atoms with Crippen LogP contribution in [0.1, 0.15) is 13.3 Å². The third-order valence-corrected chi connectivity index (χ3v) is 3.08. The molecule has 1 saturated heterocycles. The number of rotatable bonds is 6. The summed E-state index contributed by atoms with van der Waals surface area (Å²) in [6, 6.07) is -0.360. The molecular formula is C11H22N2O3. The van der Waals surface area contributed by atoms with E-state index in [9.17, 15) is 4.79 Å². The highest BCUT2D eigenvalue weighted by Crippen LogP contribution is 2.03. The maximum atomic E-state index is 10.9. The highest BCUT2D eigenvalue weighted by molar-refractivity contribution is 5.73. The maximum absolute atomic E-state index is 10.9. The number of likely N-dealkylation sites (N-methyl/N-ethyl adjacent to an activating group) is 1. The molecule has 1 atom stereocenters. The van der Waals surface area contributed by atoms with E-state index in [4.69, 9.17) is 9.84 Å². The average Bonchev–Trinajstić information content (AvgIpc) is 2.28. The third-order valence-electron chi connectivity index (χ3n) is 3.08. The van der Waals surface area contributed by atoms with E-state index in [1.54, 1.807) is 0 Å². The number of aliphatic carboxylic acids is 1. The van der Waals surface area contributed by atoms with Gasteiger partial charge >= 0.3 is 5.97 Å². The zero-order chi connectivity index (χ0) is 12.0. The SMILES string of the molecule is CCC(C(=O)O)N(C)CCN1CCOCC1. The fraction of sp³-hybridized carbons (Fsp3) is 0.909. The molecule has 5 nitrogen and oxygen atoms in total. The molecule has 0 radical (unpaired) electrons. The summed E-state index contributed by atoms with van der Waals surface area (Å²) in [5.41, 5.74) is 0. The lowest BCUT2D eigenvalue weighted by Crippen LogP contribution is -2.45. The van der Waals surface area contributed by atoms with Gasteiger partial charge in [-0.15, -0.1) is 0 Å². The molecule has 16 heavy (non-hydrogen) atoms. The van der Waals surface area contributed by atoms with Crippen molar-refractivity contribution >= 4 is 5.97 Å². The molecule has 1 rings (SSSR count). The van der Waals surface area contributed by atoms with E-state index in [-0.39, 0.29) is 6.04 Å². The lowest BCUT2D eigenvalue weighted by atomic mass is 10.2. The fourth-order valence-corrected chi connectivity index (χ4v) is 1.95. The first kappa shape index (κ1) is 13.4. The summed E-state index contributed by atoms with van der Waals surface area (Å²) in [7, 11) is 1.88. The Morgan fingerprint density at radius 1 is 1.50 bits per heavy atom. The monoisotopic (exact) mass is 230 g/mol. The van der Waals surface area contributed by atoms with E-state index in [1.807, 2.05) is 18.9 Å². The maximum Gasteiger partial charge on any atom is 0.320 e. The Hall–Kier alpha value is -0.650. The third kappa shape index (κ3) is 4.08. The van der Waals surface area contributed by atoms with Gasteiger partial charge in [-0.3, -0.25) is 14.6 Å². The molecule has 94 valence electrons. The fourth-order valence-electron chi connectivity index (χ4n) is 1.95. The second kappa shape index (κ2) is 6.83. The van der Waals surface area contributed by atoms with Gasteiger partial charge < -0.3 is 9.84 Å². The molecule has 1 N–H and O–H groups in total. The van der Waals surface area contributed by atoms with Crippen LogP contribution in [0.5, 0.6) is 0 Å². The molecule has 5 heteroatoms. The minimum Gasteiger partial charge on any atom is -0.480 e. The van der Waals surface area contributed by atoms with Crippen LogP contribution in [0, 0.1) is 0 Å². The van der Waals surface area contributed by atoms with Gasteiger partial charge in [0.1, 0.15) is 6.04 Å². The van der Waals surface area contributed by atoms with Gasteiger partial charge in [0.25, 0.3) is 0 Å². The summed E-state index contributed by atoms with van der Waals surface area (Å²) in [4.78, 5) is 15.2. The normalized spacial score (nSPS) is 19.9. The van der Waals surface area contributed by atoms with Crippen LogP contribution >= 0.6 is 0 Å². The topological polar surface area (TPSA) is 53.0 Å². The van der Waals surface area contributed by atoms with Gasteiger partial charge in [-0.25, -0.2) is 0 Å². The summed E-state index contributed by atoms with van der Waals surface area (Å²) in [5.74, 6) is -0.730. The number of carboxylic acids is 1. The molecule has 0 aliphatic carbocycles. The van der Waals surface area contributed by atoms with Crippen LogP contribution in [0.3, 0.4) is 0 Å². The Kier molecular flexibility index (Phi) is 5.73. The lowest BCUT2D eigenvalue weighted by molar-refractivity contribution is -0.143. The molecule has 0 saturated carbocycles. The second-order valence-electron chi connectivity index (χ2n) is 4.20. The van der Waals surface area contributed by atoms with Crippen LogP contribution in [-0.4, -0.2) is 73.4 Å². The van der Waals surface area contributed by atoms with Gasteiger partial charge in [0.2, 0.25) is 0 Å². The highest BCUT2D eigenvalue weighted by atomic mass is 16.5. The van der Waals surface area contributed by atoms with Crippen molar-refractivity contribution in [3.05, 3.63) is 0 Å². The van der Waals surface area contributed by atoms with Gasteiger partial charge in [0.05, 0.1) is 13.2 Å². The molecule has 0 amide bonds. The minimum atomic E-state index is -0.730. The summed E-state index contributed by atoms with van der Waals surface area (Å²) < 4.78 is 5.26. The van der Waals surface area contributed by atoms with Crippen molar-refractivity contribution in [2.75, 3.05) is 46.4 Å². The van der Waals surface area contributed by atoms with Crippen LogP contribution in [0.25, 0.3) is 0 Å². The number of hydrogen-bond acceptors (Lipinski definition) is 4. The van der Waals surface area contributed by atoms with Crippen LogP contribution in [-0.2, 0) is 9.53 Å². The van der Waals surface area contributed by atoms with Crippen molar-refractivity contribution in [2.45, 2.75) is 19.4 Å². The quantitative estimate of drug-likeness (QED) is 0.702. The Bertz CT molecular complexity index is 217. The van der Waals surface area contributed by atoms with E-state index in [0.717, 1.165) is 39.4 Å². The summed E-state index contributed by atoms with van der Waals surface area (Å²) in [5, 5.41) is 9.01. The Morgan fingerprint density at radius 3 is 2.62 bits per heavy atom. The number of ether oxygens (including phenoxy) is 1. The predicted octanol–water partition coefficient (Wildman–Crippen LogP) is 0.114. The number of carbonyl (C=O) groups is 1. The minimum absolute atomic E-state index is 0.360. The summed E-state index contributed by atoms with van der Waals surface area (Å²) in [6.07, 6.45) is 0.648. The molecule has 0 bridgehead atoms. The summed E-state index contributed by atoms with van der Waals surface area (Å²) in [6.45, 7) is 7.12. The van der Waals surface area contributed by atoms with E-state index in [1.165, 1.54) is 0 Å². The first-order valence-electron chi connectivity index (χ1n) is 5.88. The average molecular weight is 230 g/mol. The summed E-state index contributed by atoms with van der Waals surface area (Å²) >= 11 is 0. The molecule has 0 aromatic heterocycles. The van der Waals surface area contributed by atoms with Crippen molar-refractivity contribution in [1.29, 1.82) is 0 Å². The van der Waals surface area contributed by atoms with Crippen molar-refractivity contribution in [2.24, 2.45) is 0 Å². The largest absolute Gasteiger partial charge is 0.480 e. The number of carboxylic acid groups (broad SMARTS) is 1. The smallest absolute Gasteiger partial charge is 0.320 e. The van der Waals surface area contributed by atoms with Gasteiger partial charge in [-0.1, -0.05) is 6.92 Å². The second-order valence-corrected chi connectivity index (χ2v) is 4.20. The van der Waals surface area contributed by atoms with Gasteiger partial charge in [-0.05, 0) is 13.5 Å². The van der Waals surface area contributed by atoms with Crippen LogP contribution in [0.4, 0.5) is 0 Å². The van der Waals surface area contributed by atoms with Crippen molar-refractivity contribution < 1.29 is 14.6 Å². The Morgan fingerprint density at radius 2 is 2.12 bits per heavy atom. The van der Waals surface area contributed by atoms with Crippen molar-refractivity contribution in [3.8, 4) is 0 Å². The van der Waals surface area contributed by atoms with Crippen molar-refractivity contribution in [1.82, 2.24) is 9.80 Å². The van der Waals surface area contributed by atoms with E-state index < -0.39 is 5.97 Å². The first-order valence-corrected chi connectivity index (χ1v) is 5.88. The molecule has 1 fully saturated rings. The van der Waals surface area contributed by atoms with E-state index in [0.29, 0.717) is 6.42 Å². The molecule has 1 aliphatic rings. The molecule has 0 aromatic rings. The van der Waals surface area contributed by atoms with Crippen LogP contribution in [0.15, 0.2) is 0 Å². The Balaban J connectivity index is 2.27. The number of hydrogen-bond donors (Lipinski definition) is 1. The van der Waals surface area contributed by atoms with Gasteiger partial charge in [-0.2, -0.15) is 0 Å². The van der Waals surface area contributed by atoms with Gasteiger partial charge in [0, 0.05) is 26.2 Å². The van der Waals surface area contributed by atoms with Crippen molar-refractivity contribution in [3.63, 3.8) is 0 Å². The number of morpholine rings is 1. The molecule has 0 aromatic carbocycles. The zero-order valence-electron chi connectivity index (χ0n) is 10.2. The lowest BCUT2D eigenvalue weighted by Gasteiger charge is -2.30. The molecule has 1 unspecified atom stereocenters. The molecule has 1 heterocycles. The molecular weight excluding hydrogens is 208 g/mol.